The molecule has 31 heavy (non-hydrogen) atoms. The number of aromatic amines is 1. The Morgan fingerprint density at radius 2 is 1.90 bits per heavy atom. The Labute approximate surface area is 185 Å². The van der Waals surface area contributed by atoms with Crippen molar-refractivity contribution in [1.82, 2.24) is 5.27 Å². The average Bonchev–Trinajstić information content (AvgIpc) is 3.27. The van der Waals surface area contributed by atoms with Gasteiger partial charge in [-0.3, -0.25) is 19.0 Å². The summed E-state index contributed by atoms with van der Waals surface area (Å²) in [5.74, 6) is -0.858. The Morgan fingerprint density at radius 1 is 1.19 bits per heavy atom. The topological polar surface area (TPSA) is 99.6 Å². The van der Waals surface area contributed by atoms with E-state index < -0.39 is 11.4 Å². The van der Waals surface area contributed by atoms with Crippen molar-refractivity contribution in [3.63, 3.8) is 0 Å². The maximum Gasteiger partial charge on any atom is 0.438 e. The lowest BCUT2D eigenvalue weighted by Gasteiger charge is -2.17. The zero-order chi connectivity index (χ0) is 22.0. The number of aryl methyl sites for hydroxylation is 1. The van der Waals surface area contributed by atoms with E-state index in [-0.39, 0.29) is 23.1 Å². The highest BCUT2D eigenvalue weighted by atomic mass is 35.5. The van der Waals surface area contributed by atoms with Crippen LogP contribution in [0, 0.1) is 0 Å². The number of para-hydroxylation sites is 1. The number of thioether (sulfide) groups is 1. The summed E-state index contributed by atoms with van der Waals surface area (Å²) >= 11 is 6.99. The Balaban J connectivity index is 1.64. The van der Waals surface area contributed by atoms with Gasteiger partial charge in [0.1, 0.15) is 5.70 Å². The number of benzene rings is 2. The number of rotatable bonds is 5. The highest BCUT2D eigenvalue weighted by Gasteiger charge is 2.34. The van der Waals surface area contributed by atoms with Crippen LogP contribution in [0.15, 0.2) is 74.6 Å². The largest absolute Gasteiger partial charge is 0.438 e. The van der Waals surface area contributed by atoms with E-state index in [1.807, 2.05) is 18.2 Å². The minimum Gasteiger partial charge on any atom is -0.286 e. The normalized spacial score (nSPS) is 14.9. The predicted octanol–water partition coefficient (Wildman–Crippen LogP) is 2.81. The number of nitrogens with one attached hydrogen (secondary N) is 1. The summed E-state index contributed by atoms with van der Waals surface area (Å²) in [5.41, 5.74) is 0.760. The zero-order valence-corrected chi connectivity index (χ0v) is 17.8. The molecule has 0 unspecified atom stereocenters. The first kappa shape index (κ1) is 20.8. The Morgan fingerprint density at radius 3 is 2.55 bits per heavy atom. The summed E-state index contributed by atoms with van der Waals surface area (Å²) in [5, 5.41) is 3.24. The molecule has 0 bridgehead atoms. The first-order chi connectivity index (χ1) is 14.9. The second kappa shape index (κ2) is 8.75. The van der Waals surface area contributed by atoms with Gasteiger partial charge in [0, 0.05) is 5.02 Å². The molecule has 4 rings (SSSR count). The van der Waals surface area contributed by atoms with E-state index in [1.54, 1.807) is 42.5 Å². The van der Waals surface area contributed by atoms with Crippen molar-refractivity contribution in [1.29, 1.82) is 0 Å². The maximum atomic E-state index is 13.1. The van der Waals surface area contributed by atoms with Gasteiger partial charge in [-0.2, -0.15) is 0 Å². The lowest BCUT2D eigenvalue weighted by Crippen LogP contribution is -2.40. The number of aliphatic imine (C=N–C) groups is 1. The third kappa shape index (κ3) is 4.37. The van der Waals surface area contributed by atoms with Crippen LogP contribution in [0.3, 0.4) is 0 Å². The molecule has 1 aliphatic heterocycles. The quantitative estimate of drug-likeness (QED) is 0.362. The second-order valence-electron chi connectivity index (χ2n) is 6.55. The lowest BCUT2D eigenvalue weighted by molar-refractivity contribution is -0.741. The number of nitrogens with zero attached hydrogens (tertiary/aromatic N) is 3. The van der Waals surface area contributed by atoms with Crippen molar-refractivity contribution in [2.45, 2.75) is 0 Å². The lowest BCUT2D eigenvalue weighted by atomic mass is 10.2. The highest BCUT2D eigenvalue weighted by molar-refractivity contribution is 8.14. The van der Waals surface area contributed by atoms with Crippen LogP contribution in [0.25, 0.3) is 6.08 Å². The fourth-order valence-electron chi connectivity index (χ4n) is 2.95. The Kier molecular flexibility index (Phi) is 5.88. The highest BCUT2D eigenvalue weighted by Crippen LogP contribution is 2.29. The van der Waals surface area contributed by atoms with Crippen molar-refractivity contribution in [2.75, 3.05) is 10.7 Å². The molecule has 0 spiro atoms. The number of amidine groups is 1. The van der Waals surface area contributed by atoms with Crippen LogP contribution in [0.2, 0.25) is 5.02 Å². The number of aromatic nitrogens is 2. The monoisotopic (exact) mass is 455 g/mol. The summed E-state index contributed by atoms with van der Waals surface area (Å²) in [6, 6.07) is 16.0. The maximum absolute atomic E-state index is 13.1. The Bertz CT molecular complexity index is 1260. The molecule has 2 heterocycles. The minimum absolute atomic E-state index is 0.0971. The van der Waals surface area contributed by atoms with Crippen LogP contribution in [0.5, 0.6) is 0 Å². The summed E-state index contributed by atoms with van der Waals surface area (Å²) in [7, 11) is 1.50. The number of H-pyrrole nitrogens is 1. The second-order valence-corrected chi connectivity index (χ2v) is 7.93. The first-order valence-corrected chi connectivity index (χ1v) is 10.5. The molecule has 0 atom stereocenters. The van der Waals surface area contributed by atoms with Gasteiger partial charge in [0.05, 0.1) is 11.4 Å². The van der Waals surface area contributed by atoms with Crippen molar-refractivity contribution in [3.8, 4) is 0 Å². The smallest absolute Gasteiger partial charge is 0.286 e. The summed E-state index contributed by atoms with van der Waals surface area (Å²) < 4.78 is 5.84. The molecule has 1 amide bonds. The molecule has 0 fully saturated rings. The molecular weight excluding hydrogens is 440 g/mol. The molecule has 1 N–H and O–H groups in total. The van der Waals surface area contributed by atoms with Gasteiger partial charge in [0.25, 0.3) is 5.91 Å². The van der Waals surface area contributed by atoms with Gasteiger partial charge in [0.15, 0.2) is 12.2 Å². The summed E-state index contributed by atoms with van der Waals surface area (Å²) in [6.45, 7) is 0. The van der Waals surface area contributed by atoms with Crippen LogP contribution < -0.4 is 15.2 Å². The zero-order valence-electron chi connectivity index (χ0n) is 16.2. The van der Waals surface area contributed by atoms with E-state index in [2.05, 4.69) is 14.8 Å². The minimum atomic E-state index is -0.749. The number of Topliss-reactive ketones (excluding diaryl/α,β-unsaturated/α-hetero) is 1. The molecule has 8 nitrogen and oxygen atoms in total. The number of carbonyl (C=O) groups excluding carboxylic acids is 2. The third-order valence-electron chi connectivity index (χ3n) is 4.42. The summed E-state index contributed by atoms with van der Waals surface area (Å²) in [6.07, 6.45) is 1.66. The molecular formula is C21H16ClN4O4S+. The van der Waals surface area contributed by atoms with Crippen LogP contribution in [0.1, 0.15) is 16.1 Å². The van der Waals surface area contributed by atoms with Gasteiger partial charge < -0.3 is 0 Å². The third-order valence-corrected chi connectivity index (χ3v) is 5.61. The molecule has 3 aromatic rings. The van der Waals surface area contributed by atoms with E-state index in [9.17, 15) is 14.4 Å². The molecule has 10 heteroatoms. The van der Waals surface area contributed by atoms with E-state index in [4.69, 9.17) is 11.6 Å². The number of hydrogen-bond acceptors (Lipinski definition) is 6. The Hall–Kier alpha value is -3.43. The van der Waals surface area contributed by atoms with Crippen LogP contribution >= 0.6 is 23.4 Å². The van der Waals surface area contributed by atoms with Crippen molar-refractivity contribution < 1.29 is 18.8 Å². The number of anilines is 1. The number of ketones is 1. The molecule has 0 aliphatic carbocycles. The molecule has 0 radical (unpaired) electrons. The predicted molar refractivity (Wildman–Crippen MR) is 118 cm³/mol. The van der Waals surface area contributed by atoms with Crippen LogP contribution in [0.4, 0.5) is 5.69 Å². The van der Waals surface area contributed by atoms with Gasteiger partial charge in [-0.05, 0) is 41.2 Å². The van der Waals surface area contributed by atoms with Crippen molar-refractivity contribution in [3.05, 3.63) is 87.0 Å². The average molecular weight is 456 g/mol. The molecule has 156 valence electrons. The standard InChI is InChI=1S/C21H15ClN4O4S/c1-25-18(20(29)30-24-25)17(27)12-31-21-23-16(11-13-7-9-14(22)10-8-13)19(28)26(21)15-5-3-2-4-6-15/h2-11H,12H2,1H3/p+1/b16-11+. The van der Waals surface area contributed by atoms with E-state index in [0.717, 1.165) is 17.3 Å². The number of carbonyl (C=O) groups is 2. The van der Waals surface area contributed by atoms with Crippen LogP contribution in [-0.4, -0.2) is 27.9 Å². The van der Waals surface area contributed by atoms with Gasteiger partial charge in [0.2, 0.25) is 5.78 Å². The first-order valence-electron chi connectivity index (χ1n) is 9.13. The van der Waals surface area contributed by atoms with Crippen molar-refractivity contribution >= 4 is 52.0 Å². The molecule has 0 saturated heterocycles. The molecule has 0 saturated carbocycles. The number of hydrogen-bond donors (Lipinski definition) is 1. The fraction of sp³-hybridized carbons (Fsp3) is 0.0952. The van der Waals surface area contributed by atoms with Gasteiger partial charge in [-0.15, -0.1) is 0 Å². The fourth-order valence-corrected chi connectivity index (χ4v) is 3.96. The summed E-state index contributed by atoms with van der Waals surface area (Å²) in [4.78, 5) is 43.3. The van der Waals surface area contributed by atoms with Crippen LogP contribution in [-0.2, 0) is 11.8 Å². The van der Waals surface area contributed by atoms with Gasteiger partial charge in [-0.1, -0.05) is 58.4 Å². The van der Waals surface area contributed by atoms with E-state index >= 15 is 0 Å². The van der Waals surface area contributed by atoms with Gasteiger partial charge >= 0.3 is 11.3 Å². The van der Waals surface area contributed by atoms with Crippen molar-refractivity contribution in [2.24, 2.45) is 12.0 Å². The molecule has 1 aromatic heterocycles. The van der Waals surface area contributed by atoms with Gasteiger partial charge in [-0.25, -0.2) is 9.79 Å². The molecule has 2 aromatic carbocycles. The number of amides is 1. The SMILES string of the molecule is C[n+]1[nH]oc(=O)c1C(=O)CSC1=N/C(=C/c2ccc(Cl)cc2)C(=O)N1c1ccccc1. The molecule has 1 aliphatic rings. The number of halogens is 1. The van der Waals surface area contributed by atoms with E-state index in [1.165, 1.54) is 16.6 Å². The van der Waals surface area contributed by atoms with E-state index in [0.29, 0.717) is 15.9 Å².